The summed E-state index contributed by atoms with van der Waals surface area (Å²) in [4.78, 5) is 11.5. The molecule has 1 aliphatic carbocycles. The summed E-state index contributed by atoms with van der Waals surface area (Å²) in [5.74, 6) is 1.54. The third-order valence-corrected chi connectivity index (χ3v) is 3.65. The van der Waals surface area contributed by atoms with Crippen molar-refractivity contribution < 1.29 is 4.79 Å². The van der Waals surface area contributed by atoms with Gasteiger partial charge in [-0.1, -0.05) is 33.6 Å². The van der Waals surface area contributed by atoms with Gasteiger partial charge in [0.2, 0.25) is 5.91 Å². The predicted molar refractivity (Wildman–Crippen MR) is 71.9 cm³/mol. The minimum atomic E-state index is 0.178. The summed E-state index contributed by atoms with van der Waals surface area (Å²) >= 11 is 0. The first-order chi connectivity index (χ1) is 8.13. The standard InChI is InChI=1S/C14H28N2O/c1-4-12-6-5-7-13(12)15-9-8-14(17)16-10-11(2)3/h11-13,15H,4-10H2,1-3H3,(H,16,17). The van der Waals surface area contributed by atoms with Gasteiger partial charge in [-0.3, -0.25) is 4.79 Å². The molecule has 1 rings (SSSR count). The molecule has 0 aromatic rings. The molecule has 0 radical (unpaired) electrons. The molecule has 0 aromatic carbocycles. The van der Waals surface area contributed by atoms with E-state index in [-0.39, 0.29) is 5.91 Å². The van der Waals surface area contributed by atoms with Crippen LogP contribution in [0.3, 0.4) is 0 Å². The lowest BCUT2D eigenvalue weighted by molar-refractivity contribution is -0.121. The molecule has 100 valence electrons. The van der Waals surface area contributed by atoms with E-state index >= 15 is 0 Å². The molecule has 1 saturated carbocycles. The minimum absolute atomic E-state index is 0.178. The van der Waals surface area contributed by atoms with Crippen molar-refractivity contribution in [3.8, 4) is 0 Å². The van der Waals surface area contributed by atoms with Crippen molar-refractivity contribution in [1.29, 1.82) is 0 Å². The maximum absolute atomic E-state index is 11.5. The van der Waals surface area contributed by atoms with Crippen LogP contribution in [0.4, 0.5) is 0 Å². The van der Waals surface area contributed by atoms with Crippen LogP contribution in [0.5, 0.6) is 0 Å². The van der Waals surface area contributed by atoms with E-state index in [1.165, 1.54) is 25.7 Å². The monoisotopic (exact) mass is 240 g/mol. The Hall–Kier alpha value is -0.570. The molecule has 0 aromatic heterocycles. The molecule has 0 saturated heterocycles. The van der Waals surface area contributed by atoms with Crippen LogP contribution in [0.25, 0.3) is 0 Å². The summed E-state index contributed by atoms with van der Waals surface area (Å²) in [7, 11) is 0. The lowest BCUT2D eigenvalue weighted by Gasteiger charge is -2.19. The molecule has 0 heterocycles. The van der Waals surface area contributed by atoms with Crippen molar-refractivity contribution >= 4 is 5.91 Å². The Kier molecular flexibility index (Phi) is 6.56. The summed E-state index contributed by atoms with van der Waals surface area (Å²) in [5.41, 5.74) is 0. The average molecular weight is 240 g/mol. The average Bonchev–Trinajstić information content (AvgIpc) is 2.74. The van der Waals surface area contributed by atoms with Gasteiger partial charge in [0.15, 0.2) is 0 Å². The maximum Gasteiger partial charge on any atom is 0.221 e. The van der Waals surface area contributed by atoms with Crippen LogP contribution in [0, 0.1) is 11.8 Å². The maximum atomic E-state index is 11.5. The highest BCUT2D eigenvalue weighted by atomic mass is 16.1. The fourth-order valence-corrected chi connectivity index (χ4v) is 2.57. The van der Waals surface area contributed by atoms with Crippen LogP contribution in [0.1, 0.15) is 52.9 Å². The molecule has 1 aliphatic rings. The van der Waals surface area contributed by atoms with Gasteiger partial charge in [-0.15, -0.1) is 0 Å². The zero-order valence-corrected chi connectivity index (χ0v) is 11.6. The number of rotatable bonds is 7. The molecule has 2 atom stereocenters. The lowest BCUT2D eigenvalue weighted by atomic mass is 10.0. The Morgan fingerprint density at radius 2 is 2.12 bits per heavy atom. The van der Waals surface area contributed by atoms with E-state index in [2.05, 4.69) is 31.4 Å². The number of nitrogens with one attached hydrogen (secondary N) is 2. The first-order valence-corrected chi connectivity index (χ1v) is 7.13. The predicted octanol–water partition coefficient (Wildman–Crippen LogP) is 2.32. The first-order valence-electron chi connectivity index (χ1n) is 7.13. The number of carbonyl (C=O) groups excluding carboxylic acids is 1. The second kappa shape index (κ2) is 7.70. The van der Waals surface area contributed by atoms with Crippen LogP contribution in [-0.4, -0.2) is 25.0 Å². The van der Waals surface area contributed by atoms with Gasteiger partial charge in [-0.05, 0) is 24.7 Å². The summed E-state index contributed by atoms with van der Waals surface area (Å²) < 4.78 is 0. The largest absolute Gasteiger partial charge is 0.356 e. The zero-order chi connectivity index (χ0) is 12.7. The van der Waals surface area contributed by atoms with Gasteiger partial charge in [0.25, 0.3) is 0 Å². The number of hydrogen-bond donors (Lipinski definition) is 2. The highest BCUT2D eigenvalue weighted by Gasteiger charge is 2.24. The normalized spacial score (nSPS) is 24.2. The van der Waals surface area contributed by atoms with Gasteiger partial charge in [0, 0.05) is 25.6 Å². The second-order valence-electron chi connectivity index (χ2n) is 5.61. The van der Waals surface area contributed by atoms with Crippen LogP contribution >= 0.6 is 0 Å². The number of amides is 1. The molecule has 0 aliphatic heterocycles. The summed E-state index contributed by atoms with van der Waals surface area (Å²) in [5, 5.41) is 6.49. The Labute approximate surface area is 106 Å². The van der Waals surface area contributed by atoms with Crippen molar-refractivity contribution in [2.45, 2.75) is 58.9 Å². The van der Waals surface area contributed by atoms with Crippen LogP contribution in [-0.2, 0) is 4.79 Å². The van der Waals surface area contributed by atoms with Gasteiger partial charge in [0.05, 0.1) is 0 Å². The van der Waals surface area contributed by atoms with E-state index in [0.29, 0.717) is 18.4 Å². The van der Waals surface area contributed by atoms with Gasteiger partial charge in [0.1, 0.15) is 0 Å². The third kappa shape index (κ3) is 5.53. The molecule has 3 nitrogen and oxygen atoms in total. The fourth-order valence-electron chi connectivity index (χ4n) is 2.57. The fraction of sp³-hybridized carbons (Fsp3) is 0.929. The Balaban J connectivity index is 2.08. The molecule has 3 heteroatoms. The molecule has 1 amide bonds. The zero-order valence-electron chi connectivity index (χ0n) is 11.6. The Bertz CT molecular complexity index is 228. The SMILES string of the molecule is CCC1CCCC1NCCC(=O)NCC(C)C. The van der Waals surface area contributed by atoms with E-state index in [0.717, 1.165) is 19.0 Å². The van der Waals surface area contributed by atoms with Crippen LogP contribution in [0.15, 0.2) is 0 Å². The van der Waals surface area contributed by atoms with Crippen LogP contribution in [0.2, 0.25) is 0 Å². The molecule has 1 fully saturated rings. The molecule has 0 bridgehead atoms. The molecular formula is C14H28N2O. The highest BCUT2D eigenvalue weighted by Crippen LogP contribution is 2.27. The summed E-state index contributed by atoms with van der Waals surface area (Å²) in [6, 6.07) is 0.651. The minimum Gasteiger partial charge on any atom is -0.356 e. The van der Waals surface area contributed by atoms with Gasteiger partial charge < -0.3 is 10.6 Å². The van der Waals surface area contributed by atoms with E-state index in [1.807, 2.05) is 0 Å². The molecule has 0 spiro atoms. The van der Waals surface area contributed by atoms with E-state index < -0.39 is 0 Å². The van der Waals surface area contributed by atoms with Crippen LogP contribution < -0.4 is 10.6 Å². The highest BCUT2D eigenvalue weighted by molar-refractivity contribution is 5.76. The topological polar surface area (TPSA) is 41.1 Å². The van der Waals surface area contributed by atoms with Crippen molar-refractivity contribution in [1.82, 2.24) is 10.6 Å². The molecule has 2 unspecified atom stereocenters. The molecular weight excluding hydrogens is 212 g/mol. The number of carbonyl (C=O) groups is 1. The van der Waals surface area contributed by atoms with Gasteiger partial charge in [-0.2, -0.15) is 0 Å². The molecule has 2 N–H and O–H groups in total. The number of hydrogen-bond acceptors (Lipinski definition) is 2. The third-order valence-electron chi connectivity index (χ3n) is 3.65. The summed E-state index contributed by atoms with van der Waals surface area (Å²) in [6.07, 6.45) is 5.85. The van der Waals surface area contributed by atoms with Gasteiger partial charge >= 0.3 is 0 Å². The van der Waals surface area contributed by atoms with Gasteiger partial charge in [-0.25, -0.2) is 0 Å². The Morgan fingerprint density at radius 3 is 2.76 bits per heavy atom. The second-order valence-corrected chi connectivity index (χ2v) is 5.61. The van der Waals surface area contributed by atoms with Crippen molar-refractivity contribution in [3.63, 3.8) is 0 Å². The van der Waals surface area contributed by atoms with E-state index in [9.17, 15) is 4.79 Å². The van der Waals surface area contributed by atoms with E-state index in [1.54, 1.807) is 0 Å². The Morgan fingerprint density at radius 1 is 1.35 bits per heavy atom. The van der Waals surface area contributed by atoms with Crippen molar-refractivity contribution in [2.75, 3.05) is 13.1 Å². The first kappa shape index (κ1) is 14.5. The van der Waals surface area contributed by atoms with E-state index in [4.69, 9.17) is 0 Å². The smallest absolute Gasteiger partial charge is 0.221 e. The quantitative estimate of drug-likeness (QED) is 0.717. The summed E-state index contributed by atoms with van der Waals surface area (Å²) in [6.45, 7) is 8.11. The lowest BCUT2D eigenvalue weighted by Crippen LogP contribution is -2.36. The van der Waals surface area contributed by atoms with Crippen molar-refractivity contribution in [2.24, 2.45) is 11.8 Å². The van der Waals surface area contributed by atoms with Crippen molar-refractivity contribution in [3.05, 3.63) is 0 Å². The molecule has 17 heavy (non-hydrogen) atoms.